The third-order valence-corrected chi connectivity index (χ3v) is 6.12. The number of carbonyl (C=O) groups is 1. The lowest BCUT2D eigenvalue weighted by Crippen LogP contribution is -2.36. The summed E-state index contributed by atoms with van der Waals surface area (Å²) in [5, 5.41) is 0. The fourth-order valence-corrected chi connectivity index (χ4v) is 4.72. The minimum absolute atomic E-state index is 0.0949. The smallest absolute Gasteiger partial charge is 0.310 e. The zero-order chi connectivity index (χ0) is 18.6. The molecule has 0 heterocycles. The molecule has 0 aliphatic rings. The number of methoxy groups -OCH3 is 1. The van der Waals surface area contributed by atoms with Gasteiger partial charge in [-0.05, 0) is 39.7 Å². The van der Waals surface area contributed by atoms with E-state index in [2.05, 4.69) is 20.7 Å². The van der Waals surface area contributed by atoms with Crippen molar-refractivity contribution in [3.63, 3.8) is 0 Å². The van der Waals surface area contributed by atoms with Crippen LogP contribution in [0.25, 0.3) is 0 Å². The Morgan fingerprint density at radius 2 is 1.84 bits per heavy atom. The third-order valence-electron chi connectivity index (χ3n) is 3.70. The van der Waals surface area contributed by atoms with Crippen molar-refractivity contribution >= 4 is 31.9 Å². The van der Waals surface area contributed by atoms with E-state index < -0.39 is 33.8 Å². The molecule has 2 rings (SSSR count). The lowest BCUT2D eigenvalue weighted by molar-refractivity contribution is -0.145. The maximum atomic E-state index is 13.2. The fraction of sp³-hybridized carbons (Fsp3) is 0.235. The average Bonchev–Trinajstić information content (AvgIpc) is 2.58. The van der Waals surface area contributed by atoms with E-state index in [1.54, 1.807) is 37.3 Å². The lowest BCUT2D eigenvalue weighted by Gasteiger charge is -2.24. The van der Waals surface area contributed by atoms with Gasteiger partial charge in [-0.2, -0.15) is 0 Å². The van der Waals surface area contributed by atoms with Crippen LogP contribution in [0.2, 0.25) is 0 Å². The summed E-state index contributed by atoms with van der Waals surface area (Å²) in [5.41, 5.74) is 0.613. The van der Waals surface area contributed by atoms with E-state index in [9.17, 15) is 17.6 Å². The molecule has 0 amide bonds. The molecule has 25 heavy (non-hydrogen) atoms. The van der Waals surface area contributed by atoms with Crippen LogP contribution in [0.5, 0.6) is 0 Å². The number of ether oxygens (including phenoxy) is 1. The summed E-state index contributed by atoms with van der Waals surface area (Å²) in [7, 11) is -2.77. The molecule has 2 aromatic carbocycles. The second-order valence-electron chi connectivity index (χ2n) is 5.40. The highest BCUT2D eigenvalue weighted by Gasteiger charge is 2.31. The van der Waals surface area contributed by atoms with Crippen LogP contribution in [0, 0.1) is 11.7 Å². The van der Waals surface area contributed by atoms with Gasteiger partial charge in [-0.15, -0.1) is 0 Å². The van der Waals surface area contributed by atoms with Crippen LogP contribution in [0.1, 0.15) is 18.5 Å². The van der Waals surface area contributed by atoms with E-state index in [1.165, 1.54) is 7.11 Å². The standard InChI is InChI=1S/C17H17BrFNO4S/c1-11(17(21)24-2)16(12-6-4-3-5-7-12)20-25(22,23)15-9-8-13(19)10-14(15)18/h3-11,16,20H,1-2H3. The second-order valence-corrected chi connectivity index (χ2v) is 7.93. The maximum Gasteiger partial charge on any atom is 0.310 e. The molecule has 2 atom stereocenters. The fourth-order valence-electron chi connectivity index (χ4n) is 2.36. The SMILES string of the molecule is COC(=O)C(C)C(NS(=O)(=O)c1ccc(F)cc1Br)c1ccccc1. The van der Waals surface area contributed by atoms with Gasteiger partial charge in [0, 0.05) is 4.47 Å². The van der Waals surface area contributed by atoms with Crippen molar-refractivity contribution in [2.45, 2.75) is 17.9 Å². The van der Waals surface area contributed by atoms with Gasteiger partial charge in [0.15, 0.2) is 0 Å². The predicted octanol–water partition coefficient (Wildman–Crippen LogP) is 3.42. The first-order valence-corrected chi connectivity index (χ1v) is 9.64. The van der Waals surface area contributed by atoms with E-state index in [4.69, 9.17) is 4.74 Å². The van der Waals surface area contributed by atoms with E-state index in [-0.39, 0.29) is 9.37 Å². The minimum Gasteiger partial charge on any atom is -0.469 e. The first kappa shape index (κ1) is 19.6. The molecule has 2 unspecified atom stereocenters. The first-order valence-electron chi connectivity index (χ1n) is 7.36. The van der Waals surface area contributed by atoms with Crippen LogP contribution in [0.15, 0.2) is 57.9 Å². The molecular formula is C17H17BrFNO4S. The molecule has 0 fully saturated rings. The van der Waals surface area contributed by atoms with Crippen LogP contribution < -0.4 is 4.72 Å². The lowest BCUT2D eigenvalue weighted by atomic mass is 9.95. The topological polar surface area (TPSA) is 72.5 Å². The van der Waals surface area contributed by atoms with Gasteiger partial charge in [0.1, 0.15) is 5.82 Å². The van der Waals surface area contributed by atoms with E-state index in [0.717, 1.165) is 18.2 Å². The van der Waals surface area contributed by atoms with Crippen molar-refractivity contribution in [2.24, 2.45) is 5.92 Å². The van der Waals surface area contributed by atoms with E-state index in [1.807, 2.05) is 0 Å². The molecule has 0 bridgehead atoms. The predicted molar refractivity (Wildman–Crippen MR) is 94.8 cm³/mol. The number of benzene rings is 2. The summed E-state index contributed by atoms with van der Waals surface area (Å²) >= 11 is 3.06. The zero-order valence-electron chi connectivity index (χ0n) is 13.6. The van der Waals surface area contributed by atoms with Crippen LogP contribution in [0.4, 0.5) is 4.39 Å². The number of halogens is 2. The Morgan fingerprint density at radius 3 is 2.40 bits per heavy atom. The molecule has 5 nitrogen and oxygen atoms in total. The molecule has 1 N–H and O–H groups in total. The first-order chi connectivity index (χ1) is 11.8. The Labute approximate surface area is 154 Å². The molecule has 0 aliphatic carbocycles. The van der Waals surface area contributed by atoms with Crippen LogP contribution in [0.3, 0.4) is 0 Å². The van der Waals surface area contributed by atoms with Gasteiger partial charge in [-0.1, -0.05) is 37.3 Å². The number of hydrogen-bond acceptors (Lipinski definition) is 4. The second kappa shape index (κ2) is 8.07. The molecule has 0 aliphatic heterocycles. The summed E-state index contributed by atoms with van der Waals surface area (Å²) in [6, 6.07) is 11.1. The zero-order valence-corrected chi connectivity index (χ0v) is 16.0. The molecule has 0 spiro atoms. The van der Waals surface area contributed by atoms with Crippen molar-refractivity contribution in [2.75, 3.05) is 7.11 Å². The Kier molecular flexibility index (Phi) is 6.31. The van der Waals surface area contributed by atoms with Crippen LogP contribution in [-0.2, 0) is 19.6 Å². The number of carbonyl (C=O) groups excluding carboxylic acids is 1. The van der Waals surface area contributed by atoms with Gasteiger partial charge in [-0.25, -0.2) is 17.5 Å². The Balaban J connectivity index is 2.43. The van der Waals surface area contributed by atoms with Gasteiger partial charge in [0.2, 0.25) is 10.0 Å². The molecule has 0 aromatic heterocycles. The van der Waals surface area contributed by atoms with Crippen molar-refractivity contribution in [1.82, 2.24) is 4.72 Å². The van der Waals surface area contributed by atoms with Crippen molar-refractivity contribution < 1.29 is 22.3 Å². The average molecular weight is 430 g/mol. The van der Waals surface area contributed by atoms with Crippen molar-refractivity contribution in [3.05, 3.63) is 64.4 Å². The number of sulfonamides is 1. The van der Waals surface area contributed by atoms with Crippen molar-refractivity contribution in [3.8, 4) is 0 Å². The highest BCUT2D eigenvalue weighted by atomic mass is 79.9. The number of rotatable bonds is 6. The molecular weight excluding hydrogens is 413 g/mol. The quantitative estimate of drug-likeness (QED) is 0.713. The maximum absolute atomic E-state index is 13.2. The molecule has 134 valence electrons. The van der Waals surface area contributed by atoms with Gasteiger partial charge < -0.3 is 4.74 Å². The molecule has 2 aromatic rings. The van der Waals surface area contributed by atoms with Gasteiger partial charge in [0.25, 0.3) is 0 Å². The number of esters is 1. The van der Waals surface area contributed by atoms with Gasteiger partial charge in [-0.3, -0.25) is 4.79 Å². The Bertz CT molecular complexity index is 858. The summed E-state index contributed by atoms with van der Waals surface area (Å²) in [6.07, 6.45) is 0. The minimum atomic E-state index is -4.01. The Hall–Kier alpha value is -1.77. The normalized spacial score (nSPS) is 13.9. The molecule has 0 saturated heterocycles. The molecule has 8 heteroatoms. The summed E-state index contributed by atoms with van der Waals surface area (Å²) in [5.74, 6) is -1.87. The van der Waals surface area contributed by atoms with Crippen LogP contribution in [-0.4, -0.2) is 21.5 Å². The molecule has 0 radical (unpaired) electrons. The van der Waals surface area contributed by atoms with Crippen LogP contribution >= 0.6 is 15.9 Å². The number of hydrogen-bond donors (Lipinski definition) is 1. The monoisotopic (exact) mass is 429 g/mol. The largest absolute Gasteiger partial charge is 0.469 e. The molecule has 0 saturated carbocycles. The summed E-state index contributed by atoms with van der Waals surface area (Å²) in [6.45, 7) is 1.58. The van der Waals surface area contributed by atoms with Crippen molar-refractivity contribution in [1.29, 1.82) is 0 Å². The van der Waals surface area contributed by atoms with E-state index in [0.29, 0.717) is 5.56 Å². The third kappa shape index (κ3) is 4.65. The number of nitrogens with one attached hydrogen (secondary N) is 1. The Morgan fingerprint density at radius 1 is 1.20 bits per heavy atom. The van der Waals surface area contributed by atoms with E-state index >= 15 is 0 Å². The van der Waals surface area contributed by atoms with Gasteiger partial charge in [0.05, 0.1) is 24.0 Å². The highest BCUT2D eigenvalue weighted by molar-refractivity contribution is 9.10. The highest BCUT2D eigenvalue weighted by Crippen LogP contribution is 2.28. The summed E-state index contributed by atoms with van der Waals surface area (Å²) in [4.78, 5) is 11.8. The summed E-state index contributed by atoms with van der Waals surface area (Å²) < 4.78 is 46.1. The van der Waals surface area contributed by atoms with Gasteiger partial charge >= 0.3 is 5.97 Å².